The molecule has 0 aliphatic carbocycles. The van der Waals surface area contributed by atoms with Gasteiger partial charge in [-0.3, -0.25) is 4.99 Å². The molecule has 4 nitrogen and oxygen atoms in total. The van der Waals surface area contributed by atoms with E-state index in [1.54, 1.807) is 11.3 Å². The first-order valence-electron chi connectivity index (χ1n) is 7.98. The van der Waals surface area contributed by atoms with Crippen LogP contribution in [0, 0.1) is 19.8 Å². The highest BCUT2D eigenvalue weighted by atomic mass is 127. The van der Waals surface area contributed by atoms with Crippen LogP contribution in [0.15, 0.2) is 22.5 Å². The minimum atomic E-state index is 0. The lowest BCUT2D eigenvalue weighted by Crippen LogP contribution is -2.40. The Morgan fingerprint density at radius 1 is 1.33 bits per heavy atom. The van der Waals surface area contributed by atoms with Crippen LogP contribution in [0.2, 0.25) is 0 Å². The molecule has 2 heterocycles. The van der Waals surface area contributed by atoms with Crippen molar-refractivity contribution in [2.75, 3.05) is 20.1 Å². The Balaban J connectivity index is 0.00000288. The van der Waals surface area contributed by atoms with Crippen LogP contribution < -0.4 is 10.6 Å². The number of thiazole rings is 1. The first-order valence-corrected chi connectivity index (χ1v) is 9.68. The Morgan fingerprint density at radius 2 is 2.12 bits per heavy atom. The Kier molecular flexibility index (Phi) is 9.84. The van der Waals surface area contributed by atoms with Crippen molar-refractivity contribution in [2.24, 2.45) is 10.9 Å². The maximum Gasteiger partial charge on any atom is 0.190 e. The van der Waals surface area contributed by atoms with Crippen molar-refractivity contribution in [3.05, 3.63) is 38.0 Å². The monoisotopic (exact) mass is 478 g/mol. The lowest BCUT2D eigenvalue weighted by atomic mass is 10.1. The summed E-state index contributed by atoms with van der Waals surface area (Å²) < 4.78 is 0. The summed E-state index contributed by atoms with van der Waals surface area (Å²) in [6.07, 6.45) is 2.05. The predicted octanol–water partition coefficient (Wildman–Crippen LogP) is 4.03. The normalized spacial score (nSPS) is 12.6. The molecule has 1 atom stereocenters. The molecular weight excluding hydrogens is 451 g/mol. The van der Waals surface area contributed by atoms with E-state index in [1.807, 2.05) is 18.4 Å². The van der Waals surface area contributed by atoms with Crippen molar-refractivity contribution in [3.8, 4) is 0 Å². The van der Waals surface area contributed by atoms with Crippen LogP contribution in [-0.2, 0) is 12.8 Å². The summed E-state index contributed by atoms with van der Waals surface area (Å²) in [4.78, 5) is 11.6. The van der Waals surface area contributed by atoms with E-state index in [2.05, 4.69) is 58.9 Å². The highest BCUT2D eigenvalue weighted by molar-refractivity contribution is 14.0. The summed E-state index contributed by atoms with van der Waals surface area (Å²) in [7, 11) is 1.82. The van der Waals surface area contributed by atoms with Crippen LogP contribution in [0.5, 0.6) is 0 Å². The van der Waals surface area contributed by atoms with Gasteiger partial charge in [0.05, 0.1) is 10.7 Å². The summed E-state index contributed by atoms with van der Waals surface area (Å²) in [5.74, 6) is 1.45. The molecule has 2 rings (SSSR count). The zero-order chi connectivity index (χ0) is 16.7. The van der Waals surface area contributed by atoms with Crippen molar-refractivity contribution < 1.29 is 0 Å². The molecule has 0 aromatic carbocycles. The van der Waals surface area contributed by atoms with Gasteiger partial charge in [-0.2, -0.15) is 0 Å². The first kappa shape index (κ1) is 21.4. The van der Waals surface area contributed by atoms with Crippen LogP contribution >= 0.6 is 46.7 Å². The van der Waals surface area contributed by atoms with Gasteiger partial charge in [0.1, 0.15) is 0 Å². The number of halogens is 1. The van der Waals surface area contributed by atoms with Crippen LogP contribution in [0.25, 0.3) is 0 Å². The van der Waals surface area contributed by atoms with E-state index >= 15 is 0 Å². The molecule has 2 N–H and O–H groups in total. The maximum atomic E-state index is 4.57. The largest absolute Gasteiger partial charge is 0.356 e. The van der Waals surface area contributed by atoms with E-state index < -0.39 is 0 Å². The minimum absolute atomic E-state index is 0. The Labute approximate surface area is 170 Å². The van der Waals surface area contributed by atoms with Crippen LogP contribution in [0.4, 0.5) is 0 Å². The van der Waals surface area contributed by atoms with E-state index in [-0.39, 0.29) is 24.0 Å². The predicted molar refractivity (Wildman–Crippen MR) is 117 cm³/mol. The topological polar surface area (TPSA) is 49.3 Å². The van der Waals surface area contributed by atoms with Gasteiger partial charge in [-0.1, -0.05) is 13.0 Å². The number of nitrogens with zero attached hydrogens (tertiary/aromatic N) is 2. The van der Waals surface area contributed by atoms with Crippen LogP contribution in [0.3, 0.4) is 0 Å². The maximum absolute atomic E-state index is 4.57. The summed E-state index contributed by atoms with van der Waals surface area (Å²) in [5.41, 5.74) is 1.15. The third kappa shape index (κ3) is 7.06. The lowest BCUT2D eigenvalue weighted by molar-refractivity contribution is 0.562. The number of hydrogen-bond donors (Lipinski definition) is 2. The van der Waals surface area contributed by atoms with Crippen molar-refractivity contribution in [1.82, 2.24) is 15.6 Å². The molecule has 0 saturated carbocycles. The highest BCUT2D eigenvalue weighted by Crippen LogP contribution is 2.16. The standard InChI is InChI=1S/C17H26N4S2.HI/c1-12(10-15-6-5-9-22-15)11-20-17(18-4)19-8-7-16-21-13(2)14(3)23-16;/h5-6,9,12H,7-8,10-11H2,1-4H3,(H2,18,19,20);1H. The number of nitrogens with one attached hydrogen (secondary N) is 2. The molecule has 0 saturated heterocycles. The molecule has 0 radical (unpaired) electrons. The number of aliphatic imine (C=N–C) groups is 1. The average Bonchev–Trinajstić information content (AvgIpc) is 3.13. The van der Waals surface area contributed by atoms with E-state index in [0.29, 0.717) is 5.92 Å². The number of thiophene rings is 1. The van der Waals surface area contributed by atoms with Crippen molar-refractivity contribution in [2.45, 2.75) is 33.6 Å². The van der Waals surface area contributed by atoms with Gasteiger partial charge < -0.3 is 10.6 Å². The molecule has 134 valence electrons. The van der Waals surface area contributed by atoms with E-state index in [0.717, 1.165) is 37.6 Å². The molecule has 2 aromatic heterocycles. The zero-order valence-electron chi connectivity index (χ0n) is 14.8. The second-order valence-electron chi connectivity index (χ2n) is 5.77. The smallest absolute Gasteiger partial charge is 0.190 e. The summed E-state index contributed by atoms with van der Waals surface area (Å²) in [6, 6.07) is 4.31. The van der Waals surface area contributed by atoms with Gasteiger partial charge in [-0.15, -0.1) is 46.7 Å². The van der Waals surface area contributed by atoms with Crippen LogP contribution in [-0.4, -0.2) is 31.1 Å². The van der Waals surface area contributed by atoms with Crippen molar-refractivity contribution in [3.63, 3.8) is 0 Å². The van der Waals surface area contributed by atoms with E-state index in [1.165, 1.54) is 14.8 Å². The molecular formula is C17H27IN4S2. The average molecular weight is 478 g/mol. The van der Waals surface area contributed by atoms with Gasteiger partial charge in [0.25, 0.3) is 0 Å². The molecule has 2 aromatic rings. The number of aromatic nitrogens is 1. The quantitative estimate of drug-likeness (QED) is 0.359. The number of hydrogen-bond acceptors (Lipinski definition) is 4. The van der Waals surface area contributed by atoms with Crippen LogP contribution in [0.1, 0.15) is 27.4 Å². The van der Waals surface area contributed by atoms with Gasteiger partial charge in [0, 0.05) is 36.3 Å². The van der Waals surface area contributed by atoms with E-state index in [9.17, 15) is 0 Å². The Hall–Kier alpha value is -0.670. The van der Waals surface area contributed by atoms with E-state index in [4.69, 9.17) is 0 Å². The minimum Gasteiger partial charge on any atom is -0.356 e. The molecule has 24 heavy (non-hydrogen) atoms. The number of aryl methyl sites for hydroxylation is 2. The molecule has 0 fully saturated rings. The fourth-order valence-corrected chi connectivity index (χ4v) is 4.07. The van der Waals surface area contributed by atoms with Gasteiger partial charge in [-0.25, -0.2) is 4.98 Å². The van der Waals surface area contributed by atoms with Gasteiger partial charge in [0.2, 0.25) is 0 Å². The Bertz CT molecular complexity index is 603. The second kappa shape index (κ2) is 11.0. The fraction of sp³-hybridized carbons (Fsp3) is 0.529. The third-order valence-electron chi connectivity index (χ3n) is 3.68. The molecule has 0 spiro atoms. The van der Waals surface area contributed by atoms with Crippen molar-refractivity contribution in [1.29, 1.82) is 0 Å². The number of rotatable bonds is 7. The third-order valence-corrected chi connectivity index (χ3v) is 5.71. The van der Waals surface area contributed by atoms with Gasteiger partial charge in [-0.05, 0) is 37.6 Å². The Morgan fingerprint density at radius 3 is 2.71 bits per heavy atom. The molecule has 0 amide bonds. The fourth-order valence-electron chi connectivity index (χ4n) is 2.27. The summed E-state index contributed by atoms with van der Waals surface area (Å²) in [6.45, 7) is 8.23. The second-order valence-corrected chi connectivity index (χ2v) is 8.09. The highest BCUT2D eigenvalue weighted by Gasteiger charge is 2.07. The number of guanidine groups is 1. The lowest BCUT2D eigenvalue weighted by Gasteiger charge is -2.15. The summed E-state index contributed by atoms with van der Waals surface area (Å²) >= 11 is 3.61. The molecule has 0 aliphatic heterocycles. The zero-order valence-corrected chi connectivity index (χ0v) is 18.7. The molecule has 0 bridgehead atoms. The SMILES string of the molecule is CN=C(NCCc1nc(C)c(C)s1)NCC(C)Cc1cccs1.I. The molecule has 0 aliphatic rings. The van der Waals surface area contributed by atoms with Gasteiger partial charge in [0.15, 0.2) is 5.96 Å². The molecule has 1 unspecified atom stereocenters. The first-order chi connectivity index (χ1) is 11.1. The molecule has 7 heteroatoms. The van der Waals surface area contributed by atoms with Crippen molar-refractivity contribution >= 4 is 52.6 Å². The summed E-state index contributed by atoms with van der Waals surface area (Å²) in [5, 5.41) is 10.1. The van der Waals surface area contributed by atoms with Gasteiger partial charge >= 0.3 is 0 Å².